The van der Waals surface area contributed by atoms with Crippen molar-refractivity contribution in [2.45, 2.75) is 39.8 Å². The average Bonchev–Trinajstić information content (AvgIpc) is 2.73. The van der Waals surface area contributed by atoms with Gasteiger partial charge in [-0.3, -0.25) is 13.9 Å². The van der Waals surface area contributed by atoms with E-state index in [4.69, 9.17) is 0 Å². The number of sulfonamides is 1. The van der Waals surface area contributed by atoms with E-state index < -0.39 is 34.3 Å². The van der Waals surface area contributed by atoms with E-state index in [0.717, 1.165) is 40.2 Å². The number of halogens is 1. The summed E-state index contributed by atoms with van der Waals surface area (Å²) in [6, 6.07) is 11.6. The Morgan fingerprint density at radius 3 is 2.34 bits per heavy atom. The van der Waals surface area contributed by atoms with E-state index in [-0.39, 0.29) is 18.1 Å². The molecule has 0 aliphatic carbocycles. The Morgan fingerprint density at radius 1 is 1.12 bits per heavy atom. The summed E-state index contributed by atoms with van der Waals surface area (Å²) in [6.07, 6.45) is 1.72. The van der Waals surface area contributed by atoms with E-state index in [1.54, 1.807) is 6.92 Å². The van der Waals surface area contributed by atoms with E-state index in [9.17, 15) is 22.4 Å². The van der Waals surface area contributed by atoms with Gasteiger partial charge in [0.05, 0.1) is 11.9 Å². The van der Waals surface area contributed by atoms with Crippen LogP contribution in [0.2, 0.25) is 0 Å². The van der Waals surface area contributed by atoms with Crippen LogP contribution in [0.25, 0.3) is 0 Å². The van der Waals surface area contributed by atoms with Crippen molar-refractivity contribution in [1.82, 2.24) is 10.2 Å². The minimum absolute atomic E-state index is 0.141. The third kappa shape index (κ3) is 7.05. The number of anilines is 1. The molecule has 7 nitrogen and oxygen atoms in total. The van der Waals surface area contributed by atoms with Gasteiger partial charge in [-0.2, -0.15) is 0 Å². The Bertz CT molecular complexity index is 1040. The predicted molar refractivity (Wildman–Crippen MR) is 123 cm³/mol. The zero-order valence-corrected chi connectivity index (χ0v) is 19.7. The van der Waals surface area contributed by atoms with Gasteiger partial charge in [-0.15, -0.1) is 0 Å². The number of benzene rings is 2. The summed E-state index contributed by atoms with van der Waals surface area (Å²) in [7, 11) is -3.84. The lowest BCUT2D eigenvalue weighted by atomic mass is 10.1. The monoisotopic (exact) mass is 463 g/mol. The molecule has 0 aliphatic rings. The topological polar surface area (TPSA) is 86.8 Å². The van der Waals surface area contributed by atoms with Crippen LogP contribution >= 0.6 is 0 Å². The van der Waals surface area contributed by atoms with E-state index in [0.29, 0.717) is 6.54 Å². The highest BCUT2D eigenvalue weighted by atomic mass is 32.2. The molecule has 0 aliphatic heterocycles. The second-order valence-electron chi connectivity index (χ2n) is 7.72. The van der Waals surface area contributed by atoms with Crippen molar-refractivity contribution in [1.29, 1.82) is 0 Å². The zero-order valence-electron chi connectivity index (χ0n) is 18.8. The largest absolute Gasteiger partial charge is 0.354 e. The number of hydrogen-bond donors (Lipinski definition) is 1. The summed E-state index contributed by atoms with van der Waals surface area (Å²) >= 11 is 0. The van der Waals surface area contributed by atoms with Gasteiger partial charge in [0.15, 0.2) is 0 Å². The van der Waals surface area contributed by atoms with Crippen LogP contribution in [0, 0.1) is 12.7 Å². The maximum absolute atomic E-state index is 13.3. The van der Waals surface area contributed by atoms with Gasteiger partial charge < -0.3 is 10.2 Å². The SMILES string of the molecule is CCCNC(=O)[C@H](C)N(Cc1cccc(C)c1)C(=O)CN(c1ccc(F)cc1)S(C)(=O)=O. The molecule has 1 atom stereocenters. The lowest BCUT2D eigenvalue weighted by Crippen LogP contribution is -2.51. The van der Waals surface area contributed by atoms with E-state index in [1.807, 2.05) is 38.1 Å². The highest BCUT2D eigenvalue weighted by Crippen LogP contribution is 2.19. The second-order valence-corrected chi connectivity index (χ2v) is 9.63. The van der Waals surface area contributed by atoms with Crippen molar-refractivity contribution in [3.63, 3.8) is 0 Å². The fourth-order valence-electron chi connectivity index (χ4n) is 3.21. The molecular formula is C23H30FN3O4S. The number of carbonyl (C=O) groups excluding carboxylic acids is 2. The third-order valence-electron chi connectivity index (χ3n) is 4.95. The number of nitrogens with one attached hydrogen (secondary N) is 1. The standard InChI is InChI=1S/C23H30FN3O4S/c1-5-13-25-23(29)18(3)26(15-19-8-6-7-17(2)14-19)22(28)16-27(32(4,30)31)21-11-9-20(24)10-12-21/h6-12,14,18H,5,13,15-16H2,1-4H3,(H,25,29)/t18-/m0/s1. The molecule has 0 bridgehead atoms. The molecular weight excluding hydrogens is 433 g/mol. The van der Waals surface area contributed by atoms with Crippen LogP contribution < -0.4 is 9.62 Å². The molecule has 0 radical (unpaired) electrons. The lowest BCUT2D eigenvalue weighted by molar-refractivity contribution is -0.139. The molecule has 1 N–H and O–H groups in total. The summed E-state index contributed by atoms with van der Waals surface area (Å²) in [5.41, 5.74) is 1.99. The van der Waals surface area contributed by atoms with E-state index in [2.05, 4.69) is 5.32 Å². The summed E-state index contributed by atoms with van der Waals surface area (Å²) in [4.78, 5) is 27.3. The van der Waals surface area contributed by atoms with Crippen molar-refractivity contribution in [3.8, 4) is 0 Å². The molecule has 0 saturated carbocycles. The number of aryl methyl sites for hydroxylation is 1. The first-order valence-electron chi connectivity index (χ1n) is 10.4. The lowest BCUT2D eigenvalue weighted by Gasteiger charge is -2.31. The van der Waals surface area contributed by atoms with E-state index >= 15 is 0 Å². The molecule has 2 amide bonds. The zero-order chi connectivity index (χ0) is 23.9. The van der Waals surface area contributed by atoms with Crippen molar-refractivity contribution in [2.24, 2.45) is 0 Å². The smallest absolute Gasteiger partial charge is 0.244 e. The van der Waals surface area contributed by atoms with Crippen LogP contribution in [0.1, 0.15) is 31.4 Å². The molecule has 9 heteroatoms. The average molecular weight is 464 g/mol. The number of nitrogens with zero attached hydrogens (tertiary/aromatic N) is 2. The third-order valence-corrected chi connectivity index (χ3v) is 6.09. The van der Waals surface area contributed by atoms with Gasteiger partial charge in [0.2, 0.25) is 21.8 Å². The van der Waals surface area contributed by atoms with Crippen LogP contribution in [-0.4, -0.2) is 50.5 Å². The van der Waals surface area contributed by atoms with Gasteiger partial charge >= 0.3 is 0 Å². The summed E-state index contributed by atoms with van der Waals surface area (Å²) < 4.78 is 39.0. The molecule has 0 unspecified atom stereocenters. The summed E-state index contributed by atoms with van der Waals surface area (Å²) in [6.45, 7) is 5.56. The van der Waals surface area contributed by atoms with Crippen LogP contribution in [0.5, 0.6) is 0 Å². The highest BCUT2D eigenvalue weighted by Gasteiger charge is 2.30. The molecule has 2 aromatic carbocycles. The van der Waals surface area contributed by atoms with Gasteiger partial charge in [-0.25, -0.2) is 12.8 Å². The van der Waals surface area contributed by atoms with Gasteiger partial charge in [0.1, 0.15) is 18.4 Å². The number of carbonyl (C=O) groups is 2. The molecule has 0 heterocycles. The Balaban J connectivity index is 2.35. The molecule has 32 heavy (non-hydrogen) atoms. The minimum Gasteiger partial charge on any atom is -0.354 e. The number of hydrogen-bond acceptors (Lipinski definition) is 4. The van der Waals surface area contributed by atoms with Gasteiger partial charge in [0.25, 0.3) is 0 Å². The fraction of sp³-hybridized carbons (Fsp3) is 0.391. The van der Waals surface area contributed by atoms with Gasteiger partial charge in [-0.1, -0.05) is 36.8 Å². The van der Waals surface area contributed by atoms with Crippen molar-refractivity contribution >= 4 is 27.5 Å². The second kappa shape index (κ2) is 11.1. The summed E-state index contributed by atoms with van der Waals surface area (Å²) in [5, 5.41) is 2.78. The first-order chi connectivity index (χ1) is 15.0. The predicted octanol–water partition coefficient (Wildman–Crippen LogP) is 2.84. The molecule has 2 rings (SSSR count). The Labute approximate surface area is 189 Å². The Morgan fingerprint density at radius 2 is 1.78 bits per heavy atom. The molecule has 174 valence electrons. The molecule has 0 aromatic heterocycles. The van der Waals surface area contributed by atoms with Crippen LogP contribution in [-0.2, 0) is 26.2 Å². The highest BCUT2D eigenvalue weighted by molar-refractivity contribution is 7.92. The first kappa shape index (κ1) is 25.3. The van der Waals surface area contributed by atoms with Gasteiger partial charge in [0, 0.05) is 13.1 Å². The maximum atomic E-state index is 13.3. The molecule has 2 aromatic rings. The normalized spacial score (nSPS) is 12.2. The van der Waals surface area contributed by atoms with Gasteiger partial charge in [-0.05, 0) is 50.1 Å². The van der Waals surface area contributed by atoms with Crippen LogP contribution in [0.3, 0.4) is 0 Å². The minimum atomic E-state index is -3.84. The molecule has 0 fully saturated rings. The van der Waals surface area contributed by atoms with Crippen molar-refractivity contribution in [3.05, 3.63) is 65.5 Å². The Hall–Kier alpha value is -2.94. The summed E-state index contributed by atoms with van der Waals surface area (Å²) in [5.74, 6) is -1.38. The number of amides is 2. The van der Waals surface area contributed by atoms with E-state index in [1.165, 1.54) is 17.0 Å². The maximum Gasteiger partial charge on any atom is 0.244 e. The quantitative estimate of drug-likeness (QED) is 0.587. The molecule has 0 spiro atoms. The Kier molecular flexibility index (Phi) is 8.77. The fourth-order valence-corrected chi connectivity index (χ4v) is 4.06. The van der Waals surface area contributed by atoms with Crippen molar-refractivity contribution in [2.75, 3.05) is 23.7 Å². The van der Waals surface area contributed by atoms with Crippen LogP contribution in [0.4, 0.5) is 10.1 Å². The van der Waals surface area contributed by atoms with Crippen LogP contribution in [0.15, 0.2) is 48.5 Å². The first-order valence-corrected chi connectivity index (χ1v) is 12.2. The molecule has 0 saturated heterocycles. The number of rotatable bonds is 10. The van der Waals surface area contributed by atoms with Crippen molar-refractivity contribution < 1.29 is 22.4 Å².